The molecule has 0 amide bonds. The molecule has 0 spiro atoms. The summed E-state index contributed by atoms with van der Waals surface area (Å²) in [5.41, 5.74) is 0.311. The zero-order valence-electron chi connectivity index (χ0n) is 12.0. The summed E-state index contributed by atoms with van der Waals surface area (Å²) in [5.74, 6) is -0.300. The van der Waals surface area contributed by atoms with Gasteiger partial charge in [0.05, 0.1) is 5.60 Å². The van der Waals surface area contributed by atoms with Crippen molar-refractivity contribution in [3.8, 4) is 0 Å². The highest BCUT2D eigenvalue weighted by Gasteiger charge is 2.41. The summed E-state index contributed by atoms with van der Waals surface area (Å²) in [5, 5.41) is 11.2. The molecule has 1 aromatic heterocycles. The molecule has 1 fully saturated rings. The lowest BCUT2D eigenvalue weighted by Gasteiger charge is -2.40. The van der Waals surface area contributed by atoms with Crippen LogP contribution in [0, 0.1) is 11.7 Å². The minimum Gasteiger partial charge on any atom is -0.385 e. The first-order valence-corrected chi connectivity index (χ1v) is 7.57. The van der Waals surface area contributed by atoms with E-state index in [9.17, 15) is 9.50 Å². The molecule has 1 heterocycles. The smallest absolute Gasteiger partial charge is 0.129 e. The predicted octanol–water partition coefficient (Wildman–Crippen LogP) is 3.84. The van der Waals surface area contributed by atoms with Crippen LogP contribution in [-0.4, -0.2) is 10.1 Å². The Morgan fingerprint density at radius 2 is 1.95 bits per heavy atom. The van der Waals surface area contributed by atoms with Crippen LogP contribution in [0.3, 0.4) is 0 Å². The molecule has 1 saturated carbocycles. The highest BCUT2D eigenvalue weighted by molar-refractivity contribution is 5.26. The van der Waals surface area contributed by atoms with E-state index in [1.807, 2.05) is 18.2 Å². The molecule has 3 heteroatoms. The summed E-state index contributed by atoms with van der Waals surface area (Å²) < 4.78 is 14.2. The Hall–Kier alpha value is -1.74. The molecular weight excluding hydrogens is 265 g/mol. The summed E-state index contributed by atoms with van der Waals surface area (Å²) >= 11 is 0. The maximum atomic E-state index is 14.2. The Kier molecular flexibility index (Phi) is 4.02. The lowest BCUT2D eigenvalue weighted by Crippen LogP contribution is -2.40. The number of rotatable bonds is 3. The summed E-state index contributed by atoms with van der Waals surface area (Å²) in [6.45, 7) is 0. The van der Waals surface area contributed by atoms with Gasteiger partial charge in [0.25, 0.3) is 0 Å². The van der Waals surface area contributed by atoms with Crippen LogP contribution in [0.1, 0.15) is 36.9 Å². The van der Waals surface area contributed by atoms with Crippen molar-refractivity contribution in [1.29, 1.82) is 0 Å². The largest absolute Gasteiger partial charge is 0.385 e. The van der Waals surface area contributed by atoms with Gasteiger partial charge in [0.1, 0.15) is 5.82 Å². The summed E-state index contributed by atoms with van der Waals surface area (Å²) in [6.07, 6.45) is 5.98. The Labute approximate surface area is 124 Å². The first-order chi connectivity index (χ1) is 10.2. The van der Waals surface area contributed by atoms with Crippen molar-refractivity contribution in [1.82, 2.24) is 4.98 Å². The molecule has 2 atom stereocenters. The minimum atomic E-state index is -1.08. The number of hydrogen-bond donors (Lipinski definition) is 1. The van der Waals surface area contributed by atoms with E-state index in [4.69, 9.17) is 0 Å². The molecule has 3 rings (SSSR count). The first kappa shape index (κ1) is 14.2. The Balaban J connectivity index is 1.92. The van der Waals surface area contributed by atoms with Gasteiger partial charge in [0.2, 0.25) is 0 Å². The fourth-order valence-electron chi connectivity index (χ4n) is 3.44. The fourth-order valence-corrected chi connectivity index (χ4v) is 3.44. The topological polar surface area (TPSA) is 33.1 Å². The van der Waals surface area contributed by atoms with E-state index >= 15 is 0 Å². The van der Waals surface area contributed by atoms with Gasteiger partial charge in [-0.05, 0) is 43.4 Å². The molecule has 0 saturated heterocycles. The average molecular weight is 285 g/mol. The standard InChI is InChI=1S/C18H20FNO/c19-17-10-2-1-9-16(17)18(21)11-5-3-7-14(18)13-15-8-4-6-12-20-15/h1-2,4,6,8-10,12,14,21H,3,5,7,11,13H2/t14-,18-/m1/s1. The van der Waals surface area contributed by atoms with Crippen LogP contribution in [0.5, 0.6) is 0 Å². The number of hydrogen-bond acceptors (Lipinski definition) is 2. The quantitative estimate of drug-likeness (QED) is 0.929. The van der Waals surface area contributed by atoms with Gasteiger partial charge in [0.15, 0.2) is 0 Å². The van der Waals surface area contributed by atoms with Crippen molar-refractivity contribution in [2.24, 2.45) is 5.92 Å². The van der Waals surface area contributed by atoms with E-state index in [0.29, 0.717) is 18.4 Å². The third kappa shape index (κ3) is 2.84. The third-order valence-electron chi connectivity index (χ3n) is 4.56. The second-order valence-corrected chi connectivity index (χ2v) is 5.87. The van der Waals surface area contributed by atoms with E-state index in [0.717, 1.165) is 25.0 Å². The lowest BCUT2D eigenvalue weighted by molar-refractivity contribution is -0.0571. The molecule has 1 N–H and O–H groups in total. The normalized spacial score (nSPS) is 25.7. The van der Waals surface area contributed by atoms with Crippen LogP contribution in [0.15, 0.2) is 48.7 Å². The number of halogens is 1. The number of aliphatic hydroxyl groups is 1. The van der Waals surface area contributed by atoms with Crippen molar-refractivity contribution < 1.29 is 9.50 Å². The SMILES string of the molecule is O[C@]1(c2ccccc2F)CCCC[C@@H]1Cc1ccccn1. The van der Waals surface area contributed by atoms with E-state index in [1.54, 1.807) is 24.4 Å². The third-order valence-corrected chi connectivity index (χ3v) is 4.56. The predicted molar refractivity (Wildman–Crippen MR) is 80.2 cm³/mol. The van der Waals surface area contributed by atoms with Gasteiger partial charge in [-0.25, -0.2) is 4.39 Å². The number of nitrogens with zero attached hydrogens (tertiary/aromatic N) is 1. The maximum Gasteiger partial charge on any atom is 0.129 e. The maximum absolute atomic E-state index is 14.2. The summed E-state index contributed by atoms with van der Waals surface area (Å²) in [7, 11) is 0. The molecule has 21 heavy (non-hydrogen) atoms. The van der Waals surface area contributed by atoms with Crippen molar-refractivity contribution in [3.63, 3.8) is 0 Å². The van der Waals surface area contributed by atoms with Gasteiger partial charge in [0, 0.05) is 17.5 Å². The zero-order valence-corrected chi connectivity index (χ0v) is 12.0. The van der Waals surface area contributed by atoms with Crippen LogP contribution in [-0.2, 0) is 12.0 Å². The zero-order chi connectivity index (χ0) is 14.7. The van der Waals surface area contributed by atoms with Crippen LogP contribution in [0.4, 0.5) is 4.39 Å². The molecule has 110 valence electrons. The molecule has 0 aliphatic heterocycles. The minimum absolute atomic E-state index is 0.0121. The molecule has 0 bridgehead atoms. The van der Waals surface area contributed by atoms with Crippen molar-refractivity contribution in [2.75, 3.05) is 0 Å². The number of aromatic nitrogens is 1. The molecule has 1 aliphatic rings. The Morgan fingerprint density at radius 1 is 1.14 bits per heavy atom. The Morgan fingerprint density at radius 3 is 2.71 bits per heavy atom. The van der Waals surface area contributed by atoms with E-state index in [-0.39, 0.29) is 11.7 Å². The van der Waals surface area contributed by atoms with Crippen LogP contribution in [0.2, 0.25) is 0 Å². The average Bonchev–Trinajstić information content (AvgIpc) is 2.51. The fraction of sp³-hybridized carbons (Fsp3) is 0.389. The Bertz CT molecular complexity index is 601. The molecule has 0 unspecified atom stereocenters. The van der Waals surface area contributed by atoms with E-state index in [2.05, 4.69) is 4.98 Å². The van der Waals surface area contributed by atoms with E-state index in [1.165, 1.54) is 6.07 Å². The number of pyridine rings is 1. The van der Waals surface area contributed by atoms with Crippen LogP contribution in [0.25, 0.3) is 0 Å². The molecule has 2 aromatic rings. The van der Waals surface area contributed by atoms with E-state index < -0.39 is 5.60 Å². The summed E-state index contributed by atoms with van der Waals surface area (Å²) in [6, 6.07) is 12.4. The molecule has 0 radical (unpaired) electrons. The number of benzene rings is 1. The molecular formula is C18H20FNO. The van der Waals surface area contributed by atoms with Crippen LogP contribution < -0.4 is 0 Å². The highest BCUT2D eigenvalue weighted by Crippen LogP contribution is 2.43. The molecule has 1 aliphatic carbocycles. The summed E-state index contributed by atoms with van der Waals surface area (Å²) in [4.78, 5) is 4.35. The molecule has 2 nitrogen and oxygen atoms in total. The lowest BCUT2D eigenvalue weighted by atomic mass is 9.69. The highest BCUT2D eigenvalue weighted by atomic mass is 19.1. The van der Waals surface area contributed by atoms with Gasteiger partial charge < -0.3 is 5.11 Å². The van der Waals surface area contributed by atoms with Gasteiger partial charge >= 0.3 is 0 Å². The van der Waals surface area contributed by atoms with Gasteiger partial charge in [-0.3, -0.25) is 4.98 Å². The second-order valence-electron chi connectivity index (χ2n) is 5.87. The van der Waals surface area contributed by atoms with Gasteiger partial charge in [-0.2, -0.15) is 0 Å². The van der Waals surface area contributed by atoms with Crippen molar-refractivity contribution in [2.45, 2.75) is 37.7 Å². The van der Waals surface area contributed by atoms with Gasteiger partial charge in [-0.15, -0.1) is 0 Å². The second kappa shape index (κ2) is 5.94. The monoisotopic (exact) mass is 285 g/mol. The van der Waals surface area contributed by atoms with Crippen LogP contribution >= 0.6 is 0 Å². The van der Waals surface area contributed by atoms with Crippen molar-refractivity contribution >= 4 is 0 Å². The first-order valence-electron chi connectivity index (χ1n) is 7.57. The molecule has 1 aromatic carbocycles. The van der Waals surface area contributed by atoms with Gasteiger partial charge in [-0.1, -0.05) is 37.1 Å². The van der Waals surface area contributed by atoms with Crippen molar-refractivity contribution in [3.05, 3.63) is 65.7 Å².